The molecule has 2 aromatic carbocycles. The lowest BCUT2D eigenvalue weighted by Crippen LogP contribution is -2.29. The maximum absolute atomic E-state index is 12.5. The zero-order chi connectivity index (χ0) is 20.6. The van der Waals surface area contributed by atoms with Gasteiger partial charge < -0.3 is 19.7 Å². The number of carbonyl (C=O) groups excluding carboxylic acids is 1. The number of hydrogen-bond acceptors (Lipinski definition) is 5. The van der Waals surface area contributed by atoms with Crippen LogP contribution < -0.4 is 10.1 Å². The van der Waals surface area contributed by atoms with E-state index in [-0.39, 0.29) is 19.8 Å². The van der Waals surface area contributed by atoms with Crippen LogP contribution in [0.1, 0.15) is 37.5 Å². The highest BCUT2D eigenvalue weighted by Crippen LogP contribution is 2.40. The van der Waals surface area contributed by atoms with Crippen molar-refractivity contribution in [3.8, 4) is 5.75 Å². The van der Waals surface area contributed by atoms with Crippen LogP contribution >= 0.6 is 0 Å². The summed E-state index contributed by atoms with van der Waals surface area (Å²) in [5.74, 6) is 0.582. The maximum atomic E-state index is 12.5. The number of anilines is 1. The monoisotopic (exact) mass is 387 g/mol. The van der Waals surface area contributed by atoms with Gasteiger partial charge in [0.1, 0.15) is 18.5 Å². The average molecular weight is 387 g/mol. The molecular formula is C22H29NO5. The molecule has 1 amide bonds. The van der Waals surface area contributed by atoms with E-state index in [4.69, 9.17) is 14.6 Å². The molecule has 0 radical (unpaired) electrons. The Kier molecular flexibility index (Phi) is 7.84. The molecule has 0 aliphatic rings. The Bertz CT molecular complexity index is 758. The van der Waals surface area contributed by atoms with Gasteiger partial charge in [-0.1, -0.05) is 43.7 Å². The second-order valence-electron chi connectivity index (χ2n) is 7.38. The number of ether oxygens (including phenoxy) is 2. The number of aryl methyl sites for hydroxylation is 1. The Labute approximate surface area is 166 Å². The summed E-state index contributed by atoms with van der Waals surface area (Å²) in [7, 11) is 0. The van der Waals surface area contributed by atoms with Crippen LogP contribution in [0, 0.1) is 12.3 Å². The van der Waals surface area contributed by atoms with Crippen LogP contribution in [0.2, 0.25) is 0 Å². The predicted molar refractivity (Wildman–Crippen MR) is 109 cm³/mol. The molecule has 6 nitrogen and oxygen atoms in total. The molecule has 0 spiro atoms. The van der Waals surface area contributed by atoms with Crippen molar-refractivity contribution in [2.24, 2.45) is 5.41 Å². The third-order valence-corrected chi connectivity index (χ3v) is 4.51. The molecule has 0 saturated heterocycles. The molecule has 28 heavy (non-hydrogen) atoms. The molecular weight excluding hydrogens is 358 g/mol. The van der Waals surface area contributed by atoms with Crippen molar-refractivity contribution < 1.29 is 24.5 Å². The van der Waals surface area contributed by atoms with Gasteiger partial charge in [0, 0.05) is 17.7 Å². The number of rotatable bonds is 9. The van der Waals surface area contributed by atoms with Gasteiger partial charge in [-0.05, 0) is 43.2 Å². The molecule has 2 aromatic rings. The normalized spacial score (nSPS) is 12.3. The van der Waals surface area contributed by atoms with Crippen LogP contribution in [0.15, 0.2) is 48.5 Å². The molecule has 0 bridgehead atoms. The quantitative estimate of drug-likeness (QED) is 0.604. The van der Waals surface area contributed by atoms with Gasteiger partial charge in [-0.3, -0.25) is 5.32 Å². The van der Waals surface area contributed by atoms with Crippen molar-refractivity contribution in [3.63, 3.8) is 0 Å². The number of carbonyl (C=O) groups is 1. The second kappa shape index (κ2) is 10.1. The number of aliphatic hydroxyl groups excluding tert-OH is 2. The third kappa shape index (κ3) is 6.25. The fourth-order valence-electron chi connectivity index (χ4n) is 2.92. The summed E-state index contributed by atoms with van der Waals surface area (Å²) in [6, 6.07) is 14.7. The minimum atomic E-state index is -0.595. The minimum Gasteiger partial charge on any atom is -0.491 e. The predicted octanol–water partition coefficient (Wildman–Crippen LogP) is 4.06. The van der Waals surface area contributed by atoms with Crippen LogP contribution in [0.4, 0.5) is 10.5 Å². The van der Waals surface area contributed by atoms with Crippen LogP contribution in [-0.2, 0) is 4.74 Å². The van der Waals surface area contributed by atoms with Gasteiger partial charge in [-0.2, -0.15) is 0 Å². The molecule has 0 aliphatic heterocycles. The van der Waals surface area contributed by atoms with Gasteiger partial charge in [0.05, 0.1) is 6.61 Å². The first-order valence-electron chi connectivity index (χ1n) is 9.34. The van der Waals surface area contributed by atoms with Gasteiger partial charge in [0.15, 0.2) is 0 Å². The van der Waals surface area contributed by atoms with Gasteiger partial charge in [0.2, 0.25) is 0 Å². The molecule has 0 aromatic heterocycles. The lowest BCUT2D eigenvalue weighted by molar-refractivity contribution is 0.0150. The van der Waals surface area contributed by atoms with Crippen molar-refractivity contribution in [2.75, 3.05) is 25.1 Å². The van der Waals surface area contributed by atoms with Crippen molar-refractivity contribution in [2.45, 2.75) is 33.3 Å². The SMILES string of the molecule is Cc1ccc(NC(=O)O[C@@H](c2cccc(OCCO)c2)C(C)(C)CCO)cc1. The lowest BCUT2D eigenvalue weighted by atomic mass is 9.80. The number of aliphatic hydroxyl groups is 2. The zero-order valence-corrected chi connectivity index (χ0v) is 16.6. The number of benzene rings is 2. The Morgan fingerprint density at radius 2 is 1.82 bits per heavy atom. The van der Waals surface area contributed by atoms with Crippen molar-refractivity contribution in [1.82, 2.24) is 0 Å². The van der Waals surface area contributed by atoms with Gasteiger partial charge in [-0.25, -0.2) is 4.79 Å². The smallest absolute Gasteiger partial charge is 0.412 e. The van der Waals surface area contributed by atoms with E-state index in [9.17, 15) is 9.90 Å². The molecule has 2 rings (SSSR count). The van der Waals surface area contributed by atoms with E-state index in [0.717, 1.165) is 11.1 Å². The maximum Gasteiger partial charge on any atom is 0.412 e. The fraction of sp³-hybridized carbons (Fsp3) is 0.409. The molecule has 1 atom stereocenters. The third-order valence-electron chi connectivity index (χ3n) is 4.51. The zero-order valence-electron chi connectivity index (χ0n) is 16.6. The fourth-order valence-corrected chi connectivity index (χ4v) is 2.92. The standard InChI is InChI=1S/C22H29NO5/c1-16-7-9-18(10-8-16)23-21(26)28-20(22(2,3)11-12-24)17-5-4-6-19(15-17)27-14-13-25/h4-10,15,20,24-25H,11-14H2,1-3H3,(H,23,26)/t20-/m0/s1. The highest BCUT2D eigenvalue weighted by molar-refractivity contribution is 5.84. The average Bonchev–Trinajstić information content (AvgIpc) is 2.66. The molecule has 0 fully saturated rings. The van der Waals surface area contributed by atoms with E-state index in [2.05, 4.69) is 5.32 Å². The summed E-state index contributed by atoms with van der Waals surface area (Å²) in [5.41, 5.74) is 2.00. The summed E-state index contributed by atoms with van der Waals surface area (Å²) in [6.07, 6.45) is -0.707. The van der Waals surface area contributed by atoms with Crippen molar-refractivity contribution >= 4 is 11.8 Å². The van der Waals surface area contributed by atoms with E-state index in [1.54, 1.807) is 12.1 Å². The topological polar surface area (TPSA) is 88.0 Å². The largest absolute Gasteiger partial charge is 0.491 e. The second-order valence-corrected chi connectivity index (χ2v) is 7.38. The lowest BCUT2D eigenvalue weighted by Gasteiger charge is -2.34. The Morgan fingerprint density at radius 1 is 1.11 bits per heavy atom. The number of amides is 1. The van der Waals surface area contributed by atoms with Gasteiger partial charge in [0.25, 0.3) is 0 Å². The summed E-state index contributed by atoms with van der Waals surface area (Å²) >= 11 is 0. The molecule has 0 saturated carbocycles. The van der Waals surface area contributed by atoms with E-state index in [0.29, 0.717) is 17.9 Å². The van der Waals surface area contributed by atoms with E-state index in [1.165, 1.54) is 0 Å². The van der Waals surface area contributed by atoms with Crippen LogP contribution in [0.5, 0.6) is 5.75 Å². The van der Waals surface area contributed by atoms with Gasteiger partial charge in [-0.15, -0.1) is 0 Å². The van der Waals surface area contributed by atoms with Crippen molar-refractivity contribution in [1.29, 1.82) is 0 Å². The van der Waals surface area contributed by atoms with E-state index in [1.807, 2.05) is 57.2 Å². The number of hydrogen-bond donors (Lipinski definition) is 3. The Hall–Kier alpha value is -2.57. The molecule has 0 aliphatic carbocycles. The van der Waals surface area contributed by atoms with Gasteiger partial charge >= 0.3 is 6.09 Å². The molecule has 0 heterocycles. The van der Waals surface area contributed by atoms with E-state index >= 15 is 0 Å². The highest BCUT2D eigenvalue weighted by Gasteiger charge is 2.34. The van der Waals surface area contributed by atoms with Crippen LogP contribution in [-0.4, -0.2) is 36.1 Å². The molecule has 3 N–H and O–H groups in total. The van der Waals surface area contributed by atoms with E-state index < -0.39 is 17.6 Å². The first kappa shape index (κ1) is 21.7. The minimum absolute atomic E-state index is 0.0207. The first-order valence-corrected chi connectivity index (χ1v) is 9.34. The van der Waals surface area contributed by atoms with Crippen LogP contribution in [0.3, 0.4) is 0 Å². The summed E-state index contributed by atoms with van der Waals surface area (Å²) in [5, 5.41) is 21.2. The molecule has 0 unspecified atom stereocenters. The van der Waals surface area contributed by atoms with Crippen LogP contribution in [0.25, 0.3) is 0 Å². The highest BCUT2D eigenvalue weighted by atomic mass is 16.6. The summed E-state index contributed by atoms with van der Waals surface area (Å²) < 4.78 is 11.3. The Balaban J connectivity index is 2.22. The summed E-state index contributed by atoms with van der Waals surface area (Å²) in [4.78, 5) is 12.5. The number of nitrogens with one attached hydrogen (secondary N) is 1. The molecule has 152 valence electrons. The Morgan fingerprint density at radius 3 is 2.46 bits per heavy atom. The molecule has 6 heteroatoms. The van der Waals surface area contributed by atoms with Crippen molar-refractivity contribution in [3.05, 3.63) is 59.7 Å². The first-order chi connectivity index (χ1) is 13.4. The summed E-state index contributed by atoms with van der Waals surface area (Å²) in [6.45, 7) is 5.93.